The van der Waals surface area contributed by atoms with Crippen LogP contribution in [0.4, 0.5) is 17.1 Å². The summed E-state index contributed by atoms with van der Waals surface area (Å²) >= 11 is 0. The predicted molar refractivity (Wildman–Crippen MR) is 296 cm³/mol. The number of fused-ring (bicyclic) bond motifs is 4. The normalized spacial score (nSPS) is 11.8. The highest BCUT2D eigenvalue weighted by molar-refractivity contribution is 6.30. The van der Waals surface area contributed by atoms with Crippen molar-refractivity contribution >= 4 is 82.3 Å². The van der Waals surface area contributed by atoms with Crippen LogP contribution in [-0.2, 0) is 0 Å². The summed E-state index contributed by atoms with van der Waals surface area (Å²) in [6.45, 7) is 4.18. The van der Waals surface area contributed by atoms with Gasteiger partial charge in [0.25, 0.3) is 0 Å². The fourth-order valence-corrected chi connectivity index (χ4v) is 11.2. The molecule has 0 bridgehead atoms. The molecule has 0 radical (unpaired) electrons. The second-order valence-electron chi connectivity index (χ2n) is 18.7. The van der Waals surface area contributed by atoms with Crippen LogP contribution < -0.4 is 4.90 Å². The SMILES string of the molecule is Cc1oc2c(-c3ccc(-c4ccc5ccc6c(-c7ccc(-c8cccc9c8oc8ccccc89)cc7)cc(-c7ccc(N(c8ccccc8)c8ccncc8)cc7)c7ccc4c5c67)cc3)cccc2c1C. The highest BCUT2D eigenvalue weighted by atomic mass is 16.3. The lowest BCUT2D eigenvalue weighted by atomic mass is 9.84. The van der Waals surface area contributed by atoms with Gasteiger partial charge >= 0.3 is 0 Å². The first-order valence-corrected chi connectivity index (χ1v) is 24.2. The van der Waals surface area contributed by atoms with E-state index in [0.29, 0.717) is 0 Å². The van der Waals surface area contributed by atoms with Gasteiger partial charge in [-0.25, -0.2) is 0 Å². The second-order valence-corrected chi connectivity index (χ2v) is 18.7. The van der Waals surface area contributed by atoms with Crippen molar-refractivity contribution in [1.82, 2.24) is 4.98 Å². The summed E-state index contributed by atoms with van der Waals surface area (Å²) in [6, 6.07) is 79.2. The average molecular weight is 909 g/mol. The summed E-state index contributed by atoms with van der Waals surface area (Å²) in [5, 5.41) is 10.9. The monoisotopic (exact) mass is 908 g/mol. The maximum absolute atomic E-state index is 6.49. The zero-order valence-corrected chi connectivity index (χ0v) is 39.2. The van der Waals surface area contributed by atoms with Crippen molar-refractivity contribution in [1.29, 1.82) is 0 Å². The van der Waals surface area contributed by atoms with Crippen molar-refractivity contribution in [2.45, 2.75) is 13.8 Å². The number of benzene rings is 11. The van der Waals surface area contributed by atoms with Gasteiger partial charge in [-0.2, -0.15) is 0 Å². The first kappa shape index (κ1) is 40.8. The van der Waals surface area contributed by atoms with Crippen molar-refractivity contribution in [2.75, 3.05) is 4.90 Å². The third-order valence-corrected chi connectivity index (χ3v) is 14.8. The first-order chi connectivity index (χ1) is 35.0. The van der Waals surface area contributed by atoms with E-state index in [-0.39, 0.29) is 0 Å². The van der Waals surface area contributed by atoms with Crippen LogP contribution >= 0.6 is 0 Å². The van der Waals surface area contributed by atoms with Crippen LogP contribution in [0.5, 0.6) is 0 Å². The molecule has 0 fully saturated rings. The van der Waals surface area contributed by atoms with E-state index in [9.17, 15) is 0 Å². The number of hydrogen-bond acceptors (Lipinski definition) is 4. The van der Waals surface area contributed by atoms with Crippen molar-refractivity contribution in [3.05, 3.63) is 242 Å². The Labute approximate surface area is 410 Å². The molecule has 4 heteroatoms. The Bertz CT molecular complexity index is 4280. The van der Waals surface area contributed by atoms with Crippen LogP contribution in [0.25, 0.3) is 121 Å². The molecular formula is C67H44N2O2. The van der Waals surface area contributed by atoms with Crippen molar-refractivity contribution in [3.63, 3.8) is 0 Å². The Hall–Kier alpha value is -9.25. The van der Waals surface area contributed by atoms with Crippen molar-refractivity contribution < 1.29 is 8.83 Å². The molecule has 0 unspecified atom stereocenters. The number of furan rings is 2. The third-order valence-electron chi connectivity index (χ3n) is 14.8. The molecule has 0 spiro atoms. The Morgan fingerprint density at radius 2 is 0.831 bits per heavy atom. The zero-order valence-electron chi connectivity index (χ0n) is 39.2. The molecule has 0 atom stereocenters. The number of pyridine rings is 1. The van der Waals surface area contributed by atoms with Gasteiger partial charge in [0.2, 0.25) is 0 Å². The molecule has 0 aliphatic carbocycles. The Morgan fingerprint density at radius 3 is 1.51 bits per heavy atom. The molecule has 334 valence electrons. The first-order valence-electron chi connectivity index (χ1n) is 24.2. The lowest BCUT2D eigenvalue weighted by Crippen LogP contribution is -2.09. The van der Waals surface area contributed by atoms with Crippen LogP contribution in [0, 0.1) is 13.8 Å². The average Bonchev–Trinajstić information content (AvgIpc) is 3.96. The molecule has 71 heavy (non-hydrogen) atoms. The molecule has 0 aliphatic rings. The number of aromatic nitrogens is 1. The molecule has 0 N–H and O–H groups in total. The van der Waals surface area contributed by atoms with E-state index >= 15 is 0 Å². The maximum Gasteiger partial charge on any atom is 0.143 e. The summed E-state index contributed by atoms with van der Waals surface area (Å²) in [7, 11) is 0. The molecule has 14 aromatic rings. The van der Waals surface area contributed by atoms with Crippen LogP contribution in [0.1, 0.15) is 11.3 Å². The molecule has 3 heterocycles. The maximum atomic E-state index is 6.49. The summed E-state index contributed by atoms with van der Waals surface area (Å²) in [5.41, 5.74) is 18.7. The van der Waals surface area contributed by atoms with E-state index in [1.807, 2.05) is 31.5 Å². The molecule has 0 aliphatic heterocycles. The number of hydrogen-bond donors (Lipinski definition) is 0. The van der Waals surface area contributed by atoms with Crippen LogP contribution in [-0.4, -0.2) is 4.98 Å². The van der Waals surface area contributed by atoms with Gasteiger partial charge < -0.3 is 13.7 Å². The number of anilines is 3. The zero-order chi connectivity index (χ0) is 47.2. The van der Waals surface area contributed by atoms with Gasteiger partial charge in [0.05, 0.1) is 0 Å². The van der Waals surface area contributed by atoms with Gasteiger partial charge in [-0.1, -0.05) is 170 Å². The van der Waals surface area contributed by atoms with Gasteiger partial charge in [0.15, 0.2) is 0 Å². The molecule has 11 aromatic carbocycles. The number of rotatable bonds is 8. The minimum absolute atomic E-state index is 0.902. The summed E-state index contributed by atoms with van der Waals surface area (Å²) in [5.74, 6) is 0.963. The second kappa shape index (κ2) is 16.2. The summed E-state index contributed by atoms with van der Waals surface area (Å²) in [4.78, 5) is 6.60. The fourth-order valence-electron chi connectivity index (χ4n) is 11.2. The molecule has 3 aromatic heterocycles. The molecule has 14 rings (SSSR count). The lowest BCUT2D eigenvalue weighted by Gasteiger charge is -2.25. The quantitative estimate of drug-likeness (QED) is 0.143. The van der Waals surface area contributed by atoms with E-state index in [2.05, 4.69) is 223 Å². The predicted octanol–water partition coefficient (Wildman–Crippen LogP) is 19.0. The molecule has 0 saturated heterocycles. The summed E-state index contributed by atoms with van der Waals surface area (Å²) in [6.07, 6.45) is 3.70. The van der Waals surface area contributed by atoms with Crippen molar-refractivity contribution in [3.8, 4) is 55.6 Å². The van der Waals surface area contributed by atoms with E-state index in [4.69, 9.17) is 8.83 Å². The van der Waals surface area contributed by atoms with E-state index in [1.54, 1.807) is 0 Å². The van der Waals surface area contributed by atoms with E-state index in [0.717, 1.165) is 83.7 Å². The number of para-hydroxylation sites is 4. The van der Waals surface area contributed by atoms with Crippen LogP contribution in [0.3, 0.4) is 0 Å². The molecule has 0 amide bonds. The smallest absolute Gasteiger partial charge is 0.143 e. The minimum atomic E-state index is 0.902. The standard InChI is InChI=1S/C67H44N2O2/c1-41-42(2)70-66-52(41)13-8-14-54(66)44-20-18-43(19-21-44)53-32-28-48-29-33-58-61(46-24-22-45(23-25-46)55-15-9-16-60-56-12-6-7-17-63(56)71-67(55)60)40-62(59-35-34-57(53)64(48)65(58)59)47-26-30-50(31-27-47)69(49-10-4-3-5-11-49)51-36-38-68-39-37-51/h3-40H,1-2H3. The summed E-state index contributed by atoms with van der Waals surface area (Å²) < 4.78 is 12.8. The van der Waals surface area contributed by atoms with Gasteiger partial charge in [-0.3, -0.25) is 4.98 Å². The van der Waals surface area contributed by atoms with Crippen LogP contribution in [0.2, 0.25) is 0 Å². The minimum Gasteiger partial charge on any atom is -0.460 e. The van der Waals surface area contributed by atoms with E-state index in [1.165, 1.54) is 65.5 Å². The molecule has 4 nitrogen and oxygen atoms in total. The highest BCUT2D eigenvalue weighted by Gasteiger charge is 2.21. The Morgan fingerprint density at radius 1 is 0.338 bits per heavy atom. The lowest BCUT2D eigenvalue weighted by molar-refractivity contribution is 0.576. The van der Waals surface area contributed by atoms with Crippen LogP contribution in [0.15, 0.2) is 240 Å². The van der Waals surface area contributed by atoms with Gasteiger partial charge in [-0.05, 0) is 145 Å². The number of nitrogens with zero attached hydrogens (tertiary/aromatic N) is 2. The third kappa shape index (κ3) is 6.56. The molecule has 0 saturated carbocycles. The van der Waals surface area contributed by atoms with Gasteiger partial charge in [0, 0.05) is 56.7 Å². The molecular weight excluding hydrogens is 865 g/mol. The Balaban J connectivity index is 0.935. The highest BCUT2D eigenvalue weighted by Crippen LogP contribution is 2.47. The van der Waals surface area contributed by atoms with Gasteiger partial charge in [-0.15, -0.1) is 0 Å². The van der Waals surface area contributed by atoms with E-state index < -0.39 is 0 Å². The largest absolute Gasteiger partial charge is 0.460 e. The Kier molecular flexibility index (Phi) is 9.30. The topological polar surface area (TPSA) is 42.4 Å². The fraction of sp³-hybridized carbons (Fsp3) is 0.0299. The van der Waals surface area contributed by atoms with Gasteiger partial charge in [0.1, 0.15) is 22.5 Å². The van der Waals surface area contributed by atoms with Crippen molar-refractivity contribution in [2.24, 2.45) is 0 Å². The number of aryl methyl sites for hydroxylation is 2.